The Hall–Kier alpha value is -2.28. The lowest BCUT2D eigenvalue weighted by Gasteiger charge is -2.28. The van der Waals surface area contributed by atoms with Crippen molar-refractivity contribution < 1.29 is 14.3 Å². The van der Waals surface area contributed by atoms with Crippen molar-refractivity contribution in [2.45, 2.75) is 25.9 Å². The van der Waals surface area contributed by atoms with Crippen LogP contribution in [0.3, 0.4) is 0 Å². The van der Waals surface area contributed by atoms with Crippen molar-refractivity contribution in [1.29, 1.82) is 0 Å². The molecule has 2 heterocycles. The molecule has 0 fully saturated rings. The van der Waals surface area contributed by atoms with Gasteiger partial charge in [-0.25, -0.2) is 9.78 Å². The van der Waals surface area contributed by atoms with Crippen molar-refractivity contribution >= 4 is 17.4 Å². The molecule has 0 unspecified atom stereocenters. The highest BCUT2D eigenvalue weighted by atomic mass is 32.1. The summed E-state index contributed by atoms with van der Waals surface area (Å²) < 4.78 is 10.6. The fraction of sp³-hybridized carbons (Fsp3) is 0.412. The minimum absolute atomic E-state index is 0.0700. The first-order valence-corrected chi connectivity index (χ1v) is 8.69. The minimum Gasteiger partial charge on any atom is -0.497 e. The second-order valence-corrected chi connectivity index (χ2v) is 6.61. The van der Waals surface area contributed by atoms with Crippen LogP contribution in [0.5, 0.6) is 11.5 Å². The van der Waals surface area contributed by atoms with Gasteiger partial charge >= 0.3 is 6.03 Å². The van der Waals surface area contributed by atoms with E-state index in [4.69, 9.17) is 9.47 Å². The first kappa shape index (κ1) is 16.6. The van der Waals surface area contributed by atoms with Crippen LogP contribution in [0.2, 0.25) is 0 Å². The number of carbonyl (C=O) groups is 1. The number of hydrogen-bond donors (Lipinski definition) is 1. The average Bonchev–Trinajstić information content (AvgIpc) is 3.08. The molecule has 24 heavy (non-hydrogen) atoms. The number of thiazole rings is 1. The van der Waals surface area contributed by atoms with Gasteiger partial charge in [-0.05, 0) is 19.1 Å². The lowest BCUT2D eigenvalue weighted by Crippen LogP contribution is -2.43. The number of urea groups is 1. The SMILES string of the molecule is COc1ccc([C@@H](C)NC(=O)N2CCc3ncsc3C2)c(OC)c1. The smallest absolute Gasteiger partial charge is 0.318 e. The van der Waals surface area contributed by atoms with Crippen molar-refractivity contribution in [2.75, 3.05) is 20.8 Å². The highest BCUT2D eigenvalue weighted by Crippen LogP contribution is 2.29. The summed E-state index contributed by atoms with van der Waals surface area (Å²) in [5.41, 5.74) is 3.88. The van der Waals surface area contributed by atoms with Gasteiger partial charge in [-0.2, -0.15) is 0 Å². The molecule has 3 rings (SSSR count). The molecule has 1 aromatic heterocycles. The lowest BCUT2D eigenvalue weighted by molar-refractivity contribution is 0.189. The van der Waals surface area contributed by atoms with Crippen LogP contribution in [0.15, 0.2) is 23.7 Å². The number of ether oxygens (including phenoxy) is 2. The van der Waals surface area contributed by atoms with Gasteiger partial charge < -0.3 is 19.7 Å². The number of hydrogen-bond acceptors (Lipinski definition) is 5. The summed E-state index contributed by atoms with van der Waals surface area (Å²) in [5, 5.41) is 3.05. The predicted molar refractivity (Wildman–Crippen MR) is 92.7 cm³/mol. The summed E-state index contributed by atoms with van der Waals surface area (Å²) in [7, 11) is 3.23. The zero-order valence-corrected chi connectivity index (χ0v) is 14.9. The summed E-state index contributed by atoms with van der Waals surface area (Å²) >= 11 is 1.61. The van der Waals surface area contributed by atoms with Gasteiger partial charge in [0.1, 0.15) is 11.5 Å². The van der Waals surface area contributed by atoms with Gasteiger partial charge in [0.2, 0.25) is 0 Å². The molecule has 1 aliphatic rings. The topological polar surface area (TPSA) is 63.7 Å². The molecule has 2 aromatic rings. The van der Waals surface area contributed by atoms with E-state index in [0.29, 0.717) is 18.8 Å². The van der Waals surface area contributed by atoms with E-state index < -0.39 is 0 Å². The molecular weight excluding hydrogens is 326 g/mol. The van der Waals surface area contributed by atoms with Crippen molar-refractivity contribution in [3.63, 3.8) is 0 Å². The van der Waals surface area contributed by atoms with E-state index in [1.54, 1.807) is 25.6 Å². The molecule has 1 aliphatic heterocycles. The largest absolute Gasteiger partial charge is 0.497 e. The van der Waals surface area contributed by atoms with E-state index in [9.17, 15) is 4.79 Å². The maximum Gasteiger partial charge on any atom is 0.318 e. The van der Waals surface area contributed by atoms with E-state index >= 15 is 0 Å². The van der Waals surface area contributed by atoms with Crippen LogP contribution in [0.25, 0.3) is 0 Å². The van der Waals surface area contributed by atoms with E-state index in [1.165, 1.54) is 4.88 Å². The normalized spacial score (nSPS) is 14.7. The number of amides is 2. The predicted octanol–water partition coefficient (Wildman–Crippen LogP) is 2.99. The summed E-state index contributed by atoms with van der Waals surface area (Å²) in [6.07, 6.45) is 0.812. The van der Waals surface area contributed by atoms with Crippen LogP contribution in [-0.2, 0) is 13.0 Å². The molecule has 0 saturated carbocycles. The summed E-state index contributed by atoms with van der Waals surface area (Å²) in [5.74, 6) is 1.42. The molecule has 0 aliphatic carbocycles. The van der Waals surface area contributed by atoms with Crippen molar-refractivity contribution in [3.8, 4) is 11.5 Å². The molecule has 1 atom stereocenters. The number of methoxy groups -OCH3 is 2. The van der Waals surface area contributed by atoms with Crippen LogP contribution in [0, 0.1) is 0 Å². The Morgan fingerprint density at radius 3 is 2.96 bits per heavy atom. The molecular formula is C17H21N3O3S. The van der Waals surface area contributed by atoms with E-state index in [-0.39, 0.29) is 12.1 Å². The maximum atomic E-state index is 12.6. The van der Waals surface area contributed by atoms with Gasteiger partial charge in [0, 0.05) is 29.5 Å². The summed E-state index contributed by atoms with van der Waals surface area (Å²) in [6.45, 7) is 3.26. The Balaban J connectivity index is 1.68. The molecule has 0 radical (unpaired) electrons. The molecule has 6 nitrogen and oxygen atoms in total. The number of benzene rings is 1. The van der Waals surface area contributed by atoms with E-state index in [1.807, 2.05) is 35.5 Å². The summed E-state index contributed by atoms with van der Waals surface area (Å²) in [4.78, 5) is 19.9. The Labute approximate surface area is 145 Å². The zero-order chi connectivity index (χ0) is 17.1. The Morgan fingerprint density at radius 1 is 1.38 bits per heavy atom. The van der Waals surface area contributed by atoms with Crippen molar-refractivity contribution in [2.24, 2.45) is 0 Å². The number of fused-ring (bicyclic) bond motifs is 1. The molecule has 1 aromatic carbocycles. The number of carbonyl (C=O) groups excluding carboxylic acids is 1. The van der Waals surface area contributed by atoms with Gasteiger partial charge in [0.05, 0.1) is 38.0 Å². The molecule has 7 heteroatoms. The number of nitrogens with zero attached hydrogens (tertiary/aromatic N) is 2. The average molecular weight is 347 g/mol. The van der Waals surface area contributed by atoms with Crippen LogP contribution >= 0.6 is 11.3 Å². The zero-order valence-electron chi connectivity index (χ0n) is 14.0. The summed E-state index contributed by atoms with van der Waals surface area (Å²) in [6, 6.07) is 5.37. The maximum absolute atomic E-state index is 12.6. The fourth-order valence-corrected chi connectivity index (χ4v) is 3.65. The lowest BCUT2D eigenvalue weighted by atomic mass is 10.1. The third kappa shape index (κ3) is 3.31. The monoisotopic (exact) mass is 347 g/mol. The highest BCUT2D eigenvalue weighted by molar-refractivity contribution is 7.09. The fourth-order valence-electron chi connectivity index (χ4n) is 2.82. The third-order valence-electron chi connectivity index (χ3n) is 4.21. The molecule has 0 bridgehead atoms. The third-order valence-corrected chi connectivity index (χ3v) is 5.07. The second kappa shape index (κ2) is 7.09. The minimum atomic E-state index is -0.166. The van der Waals surface area contributed by atoms with Crippen LogP contribution in [0.1, 0.15) is 29.1 Å². The van der Waals surface area contributed by atoms with Gasteiger partial charge in [-0.1, -0.05) is 0 Å². The van der Waals surface area contributed by atoms with Gasteiger partial charge in [-0.3, -0.25) is 0 Å². The van der Waals surface area contributed by atoms with Crippen LogP contribution < -0.4 is 14.8 Å². The Bertz CT molecular complexity index is 732. The first-order chi connectivity index (χ1) is 11.6. The molecule has 0 spiro atoms. The first-order valence-electron chi connectivity index (χ1n) is 7.81. The van der Waals surface area contributed by atoms with E-state index in [2.05, 4.69) is 10.3 Å². The van der Waals surface area contributed by atoms with Gasteiger partial charge in [0.25, 0.3) is 0 Å². The molecule has 1 N–H and O–H groups in total. The quantitative estimate of drug-likeness (QED) is 0.923. The molecule has 0 saturated heterocycles. The Kier molecular flexibility index (Phi) is 4.89. The van der Waals surface area contributed by atoms with Gasteiger partial charge in [0.15, 0.2) is 0 Å². The van der Waals surface area contributed by atoms with Crippen LogP contribution in [-0.4, -0.2) is 36.7 Å². The Morgan fingerprint density at radius 2 is 2.21 bits per heavy atom. The number of rotatable bonds is 4. The van der Waals surface area contributed by atoms with Crippen molar-refractivity contribution in [3.05, 3.63) is 39.8 Å². The standard InChI is InChI=1S/C17H21N3O3S/c1-11(13-5-4-12(22-2)8-15(13)23-3)19-17(21)20-7-6-14-16(9-20)24-10-18-14/h4-5,8,10-11H,6-7,9H2,1-3H3,(H,19,21)/t11-/m1/s1. The second-order valence-electron chi connectivity index (χ2n) is 5.67. The number of aromatic nitrogens is 1. The highest BCUT2D eigenvalue weighted by Gasteiger charge is 2.24. The number of nitrogens with one attached hydrogen (secondary N) is 1. The van der Waals surface area contributed by atoms with Crippen LogP contribution in [0.4, 0.5) is 4.79 Å². The molecule has 2 amide bonds. The van der Waals surface area contributed by atoms with Gasteiger partial charge in [-0.15, -0.1) is 11.3 Å². The van der Waals surface area contributed by atoms with E-state index in [0.717, 1.165) is 23.4 Å². The molecule has 128 valence electrons. The van der Waals surface area contributed by atoms with Crippen molar-refractivity contribution in [1.82, 2.24) is 15.2 Å².